The molecule has 2 fully saturated rings. The molecule has 0 aromatic heterocycles. The van der Waals surface area contributed by atoms with Gasteiger partial charge in [-0.3, -0.25) is 0 Å². The molecule has 2 aliphatic heterocycles. The van der Waals surface area contributed by atoms with Crippen LogP contribution in [0, 0.1) is 0 Å². The van der Waals surface area contributed by atoms with Crippen LogP contribution in [0.25, 0.3) is 0 Å². The van der Waals surface area contributed by atoms with Gasteiger partial charge in [-0.2, -0.15) is 0 Å². The van der Waals surface area contributed by atoms with Gasteiger partial charge in [0, 0.05) is 0 Å². The number of carbonyl (C=O) groups excluding carboxylic acids is 1. The molecule has 2 rings (SSSR count). The summed E-state index contributed by atoms with van der Waals surface area (Å²) in [6, 6.07) is 0. The van der Waals surface area contributed by atoms with Crippen molar-refractivity contribution in [3.05, 3.63) is 0 Å². The number of aliphatic hydroxyl groups excluding tert-OH is 13. The molecule has 0 aromatic rings. The molecule has 208 valence electrons. The van der Waals surface area contributed by atoms with E-state index in [1.165, 1.54) is 0 Å². The molecule has 0 bridgehead atoms. The highest BCUT2D eigenvalue weighted by atomic mass is 16.8. The van der Waals surface area contributed by atoms with Gasteiger partial charge in [0.25, 0.3) is 0 Å². The lowest BCUT2D eigenvalue weighted by molar-refractivity contribution is -0.376. The van der Waals surface area contributed by atoms with Crippen LogP contribution in [0.2, 0.25) is 0 Å². The monoisotopic (exact) mass is 522 g/mol. The molecule has 17 heteroatoms. The topological polar surface area (TPSA) is 308 Å². The van der Waals surface area contributed by atoms with E-state index in [2.05, 4.69) is 0 Å². The van der Waals surface area contributed by atoms with Crippen molar-refractivity contribution >= 4 is 6.29 Å². The predicted molar refractivity (Wildman–Crippen MR) is 106 cm³/mol. The number of hydrogen-bond donors (Lipinski definition) is 13. The van der Waals surface area contributed by atoms with Crippen molar-refractivity contribution in [3.8, 4) is 0 Å². The van der Waals surface area contributed by atoms with E-state index in [1.807, 2.05) is 0 Å². The van der Waals surface area contributed by atoms with Crippen molar-refractivity contribution in [1.29, 1.82) is 0 Å². The number of rotatable bonds is 9. The highest BCUT2D eigenvalue weighted by Gasteiger charge is 2.49. The standard InChI is InChI=1S/C12H22O11.C6H12O6/c13-1-3-5(15)7(17)9(19)11(21-3)23-12-10(20)8(18)6(16)4(2-14)22-12;7-1-3(9)5(11)6(12)4(10)2-8/h3-20H,1-2H2;1,3-6,8-12H,2H2/t3-,4-,5-,6-,7+,8+,9-,10-,11-,12-;3-,4+,5+,6-/m10/s1. The molecule has 13 N–H and O–H groups in total. The summed E-state index contributed by atoms with van der Waals surface area (Å²) in [7, 11) is 0. The quantitative estimate of drug-likeness (QED) is 0.125. The maximum Gasteiger partial charge on any atom is 0.189 e. The third kappa shape index (κ3) is 8.01. The van der Waals surface area contributed by atoms with Crippen molar-refractivity contribution < 1.29 is 85.4 Å². The largest absolute Gasteiger partial charge is 0.394 e. The number of ether oxygens (including phenoxy) is 3. The fraction of sp³-hybridized carbons (Fsp3) is 0.944. The zero-order chi connectivity index (χ0) is 27.0. The fourth-order valence-electron chi connectivity index (χ4n) is 3.11. The second-order valence-corrected chi connectivity index (χ2v) is 7.89. The molecule has 0 spiro atoms. The van der Waals surface area contributed by atoms with Gasteiger partial charge < -0.3 is 85.4 Å². The molecule has 0 unspecified atom stereocenters. The first kappa shape index (κ1) is 32.1. The Balaban J connectivity index is 0.000000434. The van der Waals surface area contributed by atoms with Crippen molar-refractivity contribution in [2.75, 3.05) is 19.8 Å². The summed E-state index contributed by atoms with van der Waals surface area (Å²) in [5, 5.41) is 120. The summed E-state index contributed by atoms with van der Waals surface area (Å²) in [6.45, 7) is -2.09. The molecule has 0 aliphatic carbocycles. The number of carbonyl (C=O) groups is 1. The molecule has 17 nitrogen and oxygen atoms in total. The first-order valence-corrected chi connectivity index (χ1v) is 10.4. The second-order valence-electron chi connectivity index (χ2n) is 7.89. The second kappa shape index (κ2) is 14.7. The van der Waals surface area contributed by atoms with Gasteiger partial charge in [0.1, 0.15) is 73.2 Å². The van der Waals surface area contributed by atoms with Crippen LogP contribution in [-0.2, 0) is 19.0 Å². The minimum absolute atomic E-state index is 0.0258. The van der Waals surface area contributed by atoms with Gasteiger partial charge in [0.15, 0.2) is 18.9 Å². The van der Waals surface area contributed by atoms with E-state index in [0.29, 0.717) is 0 Å². The summed E-state index contributed by atoms with van der Waals surface area (Å²) in [5.41, 5.74) is 0. The van der Waals surface area contributed by atoms with Crippen LogP contribution in [0.3, 0.4) is 0 Å². The Labute approximate surface area is 198 Å². The Morgan fingerprint density at radius 1 is 0.657 bits per heavy atom. The SMILES string of the molecule is O=C[C@H](O)[C@@H](O)[C@@H](O)[C@H](O)CO.OC[C@H]1O[C@H](O[C@H]2O[C@H](CO)[C@@H](O)[C@H](O)[C@H]2O)[C@H](O)[C@@H](O)[C@@H]1O. The molecular formula is C18H34O17. The van der Waals surface area contributed by atoms with E-state index in [9.17, 15) is 35.4 Å². The summed E-state index contributed by atoms with van der Waals surface area (Å²) in [6.07, 6.45) is -22.4. The first-order valence-electron chi connectivity index (χ1n) is 10.4. The average molecular weight is 522 g/mol. The van der Waals surface area contributed by atoms with Crippen molar-refractivity contribution in [2.24, 2.45) is 0 Å². The summed E-state index contributed by atoms with van der Waals surface area (Å²) < 4.78 is 15.3. The molecule has 2 saturated heterocycles. The van der Waals surface area contributed by atoms with Crippen molar-refractivity contribution in [2.45, 2.75) is 85.8 Å². The summed E-state index contributed by atoms with van der Waals surface area (Å²) in [5.74, 6) is 0. The van der Waals surface area contributed by atoms with Crippen LogP contribution in [0.4, 0.5) is 0 Å². The highest BCUT2D eigenvalue weighted by molar-refractivity contribution is 5.56. The Bertz CT molecular complexity index is 574. The molecule has 0 saturated carbocycles. The van der Waals surface area contributed by atoms with E-state index in [1.54, 1.807) is 0 Å². The van der Waals surface area contributed by atoms with Gasteiger partial charge >= 0.3 is 0 Å². The third-order valence-electron chi connectivity index (χ3n) is 5.39. The lowest BCUT2D eigenvalue weighted by Crippen LogP contribution is -2.63. The number of aliphatic hydroxyl groups is 13. The van der Waals surface area contributed by atoms with Gasteiger partial charge in [0.2, 0.25) is 0 Å². The van der Waals surface area contributed by atoms with Gasteiger partial charge in [-0.1, -0.05) is 0 Å². The zero-order valence-electron chi connectivity index (χ0n) is 18.2. The maximum absolute atomic E-state index is 9.90. The Kier molecular flexibility index (Phi) is 13.5. The van der Waals surface area contributed by atoms with E-state index in [4.69, 9.17) is 50.0 Å². The van der Waals surface area contributed by atoms with Crippen LogP contribution in [-0.4, -0.2) is 178 Å². The van der Waals surface area contributed by atoms with Crippen LogP contribution in [0.15, 0.2) is 0 Å². The van der Waals surface area contributed by atoms with Gasteiger partial charge in [-0.15, -0.1) is 0 Å². The van der Waals surface area contributed by atoms with Crippen molar-refractivity contribution in [3.63, 3.8) is 0 Å². The lowest BCUT2D eigenvalue weighted by atomic mass is 9.98. The summed E-state index contributed by atoms with van der Waals surface area (Å²) >= 11 is 0. The van der Waals surface area contributed by atoms with E-state index in [-0.39, 0.29) is 6.29 Å². The molecule has 0 aromatic carbocycles. The van der Waals surface area contributed by atoms with E-state index >= 15 is 0 Å². The van der Waals surface area contributed by atoms with E-state index < -0.39 is 106 Å². The minimum Gasteiger partial charge on any atom is -0.394 e. The normalized spacial score (nSPS) is 41.2. The predicted octanol–water partition coefficient (Wildman–Crippen LogP) is -8.78. The number of aldehydes is 1. The van der Waals surface area contributed by atoms with Gasteiger partial charge in [-0.05, 0) is 0 Å². The Morgan fingerprint density at radius 3 is 1.37 bits per heavy atom. The smallest absolute Gasteiger partial charge is 0.189 e. The first-order chi connectivity index (χ1) is 16.4. The van der Waals surface area contributed by atoms with Gasteiger partial charge in [-0.25, -0.2) is 0 Å². The molecule has 35 heavy (non-hydrogen) atoms. The highest BCUT2D eigenvalue weighted by Crippen LogP contribution is 2.27. The number of hydrogen-bond acceptors (Lipinski definition) is 17. The third-order valence-corrected chi connectivity index (χ3v) is 5.39. The van der Waals surface area contributed by atoms with Crippen LogP contribution in [0.1, 0.15) is 0 Å². The zero-order valence-corrected chi connectivity index (χ0v) is 18.2. The Hall–Kier alpha value is -0.970. The Morgan fingerprint density at radius 2 is 1.06 bits per heavy atom. The van der Waals surface area contributed by atoms with Crippen molar-refractivity contribution in [1.82, 2.24) is 0 Å². The molecule has 2 heterocycles. The summed E-state index contributed by atoms with van der Waals surface area (Å²) in [4.78, 5) is 9.90. The van der Waals surface area contributed by atoms with Gasteiger partial charge in [0.05, 0.1) is 19.8 Å². The van der Waals surface area contributed by atoms with Crippen LogP contribution in [0.5, 0.6) is 0 Å². The average Bonchev–Trinajstić information content (AvgIpc) is 2.87. The molecule has 0 radical (unpaired) electrons. The molecular weight excluding hydrogens is 488 g/mol. The minimum atomic E-state index is -1.79. The lowest BCUT2D eigenvalue weighted by Gasteiger charge is -2.44. The fourth-order valence-corrected chi connectivity index (χ4v) is 3.11. The van der Waals surface area contributed by atoms with Crippen LogP contribution < -0.4 is 0 Å². The molecule has 0 amide bonds. The molecule has 14 atom stereocenters. The molecule has 2 aliphatic rings. The van der Waals surface area contributed by atoms with E-state index in [0.717, 1.165) is 0 Å². The maximum atomic E-state index is 9.90. The van der Waals surface area contributed by atoms with Crippen LogP contribution >= 0.6 is 0 Å².